The van der Waals surface area contributed by atoms with Gasteiger partial charge in [-0.05, 0) is 59.9 Å². The van der Waals surface area contributed by atoms with Crippen LogP contribution >= 0.6 is 11.6 Å². The van der Waals surface area contributed by atoms with Crippen molar-refractivity contribution in [2.45, 2.75) is 52.2 Å². The number of rotatable bonds is 14. The first kappa shape index (κ1) is 26.7. The van der Waals surface area contributed by atoms with Crippen molar-refractivity contribution in [3.8, 4) is 5.75 Å². The van der Waals surface area contributed by atoms with Crippen molar-refractivity contribution in [1.82, 2.24) is 0 Å². The third-order valence-corrected chi connectivity index (χ3v) is 5.86. The summed E-state index contributed by atoms with van der Waals surface area (Å²) in [5.74, 6) is 1.94. The normalized spacial score (nSPS) is 12.0. The summed E-state index contributed by atoms with van der Waals surface area (Å²) in [6.45, 7) is 10.6. The van der Waals surface area contributed by atoms with E-state index in [2.05, 4.69) is 39.8 Å². The van der Waals surface area contributed by atoms with Crippen LogP contribution in [0.5, 0.6) is 5.75 Å². The van der Waals surface area contributed by atoms with Gasteiger partial charge in [0.1, 0.15) is 12.4 Å². The molecule has 4 nitrogen and oxygen atoms in total. The molecule has 2 rings (SSSR count). The minimum atomic E-state index is -1.31. The van der Waals surface area contributed by atoms with Gasteiger partial charge < -0.3 is 18.9 Å². The van der Waals surface area contributed by atoms with Crippen LogP contribution in [-0.4, -0.2) is 34.0 Å². The Bertz CT molecular complexity index is 801. The van der Waals surface area contributed by atoms with E-state index in [0.29, 0.717) is 31.7 Å². The van der Waals surface area contributed by atoms with Gasteiger partial charge in [0.25, 0.3) is 5.25 Å². The average Bonchev–Trinajstić information content (AvgIpc) is 2.77. The molecule has 178 valence electrons. The van der Waals surface area contributed by atoms with Crippen molar-refractivity contribution in [3.05, 3.63) is 64.7 Å². The van der Waals surface area contributed by atoms with E-state index in [1.165, 1.54) is 16.7 Å². The monoisotopic (exact) mass is 462 g/mol. The molecule has 2 aromatic rings. The number of hydrogen-bond donors (Lipinski definition) is 0. The number of hydrogen-bond acceptors (Lipinski definition) is 4. The number of alkyl halides is 1. The number of para-hydroxylation sites is 1. The van der Waals surface area contributed by atoms with Gasteiger partial charge in [0.15, 0.2) is 0 Å². The average molecular weight is 463 g/mol. The molecule has 0 aromatic heterocycles. The molecule has 0 heterocycles. The highest BCUT2D eigenvalue weighted by Gasteiger charge is 2.33. The molecule has 0 N–H and O–H groups in total. The van der Waals surface area contributed by atoms with Crippen molar-refractivity contribution in [2.24, 2.45) is 11.8 Å². The van der Waals surface area contributed by atoms with Crippen molar-refractivity contribution >= 4 is 11.6 Å². The fourth-order valence-electron chi connectivity index (χ4n) is 3.92. The number of ether oxygens (including phenoxy) is 4. The number of halogens is 1. The van der Waals surface area contributed by atoms with E-state index in [9.17, 15) is 0 Å². The minimum Gasteiger partial charge on any atom is -0.491 e. The van der Waals surface area contributed by atoms with E-state index < -0.39 is 5.25 Å². The Morgan fingerprint density at radius 3 is 2.03 bits per heavy atom. The summed E-state index contributed by atoms with van der Waals surface area (Å²) in [6, 6.07) is 14.0. The Hall–Kier alpha value is -1.59. The van der Waals surface area contributed by atoms with Crippen LogP contribution in [-0.2, 0) is 38.7 Å². The number of benzene rings is 2. The molecular weight excluding hydrogens is 424 g/mol. The van der Waals surface area contributed by atoms with Gasteiger partial charge in [0, 0.05) is 19.8 Å². The van der Waals surface area contributed by atoms with E-state index in [1.807, 2.05) is 30.3 Å². The summed E-state index contributed by atoms with van der Waals surface area (Å²) in [5.41, 5.74) is 4.73. The van der Waals surface area contributed by atoms with Crippen molar-refractivity contribution in [1.29, 1.82) is 0 Å². The van der Waals surface area contributed by atoms with Gasteiger partial charge in [-0.3, -0.25) is 0 Å². The summed E-state index contributed by atoms with van der Waals surface area (Å²) in [7, 11) is 3.14. The Balaban J connectivity index is 2.19. The predicted octanol–water partition coefficient (Wildman–Crippen LogP) is 6.36. The highest BCUT2D eigenvalue weighted by molar-refractivity contribution is 6.22. The fourth-order valence-corrected chi connectivity index (χ4v) is 4.09. The topological polar surface area (TPSA) is 36.9 Å². The molecule has 0 unspecified atom stereocenters. The van der Waals surface area contributed by atoms with Crippen LogP contribution in [0.3, 0.4) is 0 Å². The fraction of sp³-hybridized carbons (Fsp3) is 0.556. The Labute approximate surface area is 199 Å². The van der Waals surface area contributed by atoms with Crippen LogP contribution < -0.4 is 4.74 Å². The van der Waals surface area contributed by atoms with E-state index >= 15 is 0 Å². The van der Waals surface area contributed by atoms with Gasteiger partial charge in [-0.2, -0.15) is 0 Å². The molecule has 0 aliphatic carbocycles. The van der Waals surface area contributed by atoms with Gasteiger partial charge >= 0.3 is 0 Å². The maximum absolute atomic E-state index is 6.73. The zero-order valence-electron chi connectivity index (χ0n) is 20.4. The maximum atomic E-state index is 6.73. The molecule has 32 heavy (non-hydrogen) atoms. The van der Waals surface area contributed by atoms with Gasteiger partial charge in [0.05, 0.1) is 13.2 Å². The SMILES string of the molecule is COC(Cl)(OC)c1ccc(CC(C)C)c(CC(C)C)c1CCOCCOc1ccccc1. The standard InChI is InChI=1S/C27H39ClO4/c1-20(2)18-22-12-13-26(27(28,29-5)30-6)24(25(22)19-21(3)4)14-15-31-16-17-32-23-10-8-7-9-11-23/h7-13,20-21H,14-19H2,1-6H3. The minimum absolute atomic E-state index is 0.513. The van der Waals surface area contributed by atoms with E-state index in [1.54, 1.807) is 14.2 Å². The number of methoxy groups -OCH3 is 2. The van der Waals surface area contributed by atoms with Crippen molar-refractivity contribution in [3.63, 3.8) is 0 Å². The van der Waals surface area contributed by atoms with Crippen LogP contribution in [0.2, 0.25) is 0 Å². The second-order valence-corrected chi connectivity index (χ2v) is 9.39. The maximum Gasteiger partial charge on any atom is 0.276 e. The molecule has 5 heteroatoms. The second kappa shape index (κ2) is 13.2. The lowest BCUT2D eigenvalue weighted by molar-refractivity contribution is -0.148. The first-order chi connectivity index (χ1) is 15.3. The Morgan fingerprint density at radius 1 is 0.781 bits per heavy atom. The molecule has 0 saturated carbocycles. The zero-order chi connectivity index (χ0) is 23.6. The molecule has 0 bridgehead atoms. The molecule has 0 spiro atoms. The second-order valence-electron chi connectivity index (χ2n) is 8.89. The van der Waals surface area contributed by atoms with Crippen molar-refractivity contribution < 1.29 is 18.9 Å². The van der Waals surface area contributed by atoms with Crippen LogP contribution in [0.4, 0.5) is 0 Å². The molecule has 0 atom stereocenters. The largest absolute Gasteiger partial charge is 0.491 e. The molecule has 0 amide bonds. The van der Waals surface area contributed by atoms with Gasteiger partial charge in [-0.25, -0.2) is 0 Å². The molecule has 2 aromatic carbocycles. The van der Waals surface area contributed by atoms with Crippen LogP contribution in [0.15, 0.2) is 42.5 Å². The molecule has 0 saturated heterocycles. The lowest BCUT2D eigenvalue weighted by atomic mass is 9.85. The summed E-state index contributed by atoms with van der Waals surface area (Å²) < 4.78 is 22.8. The highest BCUT2D eigenvalue weighted by Crippen LogP contribution is 2.37. The van der Waals surface area contributed by atoms with Gasteiger partial charge in [-0.1, -0.05) is 69.6 Å². The first-order valence-electron chi connectivity index (χ1n) is 11.5. The smallest absolute Gasteiger partial charge is 0.276 e. The summed E-state index contributed by atoms with van der Waals surface area (Å²) >= 11 is 6.73. The van der Waals surface area contributed by atoms with Crippen LogP contribution in [0.25, 0.3) is 0 Å². The van der Waals surface area contributed by atoms with Crippen LogP contribution in [0.1, 0.15) is 49.9 Å². The Morgan fingerprint density at radius 2 is 1.44 bits per heavy atom. The van der Waals surface area contributed by atoms with Gasteiger partial charge in [-0.15, -0.1) is 0 Å². The Kier molecular flexibility index (Phi) is 11.0. The lowest BCUT2D eigenvalue weighted by Crippen LogP contribution is -2.27. The quantitative estimate of drug-likeness (QED) is 0.186. The van der Waals surface area contributed by atoms with Crippen LogP contribution in [0, 0.1) is 11.8 Å². The molecular formula is C27H39ClO4. The van der Waals surface area contributed by atoms with E-state index in [-0.39, 0.29) is 0 Å². The van der Waals surface area contributed by atoms with E-state index in [4.69, 9.17) is 30.5 Å². The first-order valence-corrected chi connectivity index (χ1v) is 11.9. The lowest BCUT2D eigenvalue weighted by Gasteiger charge is -2.29. The van der Waals surface area contributed by atoms with Gasteiger partial charge in [0.2, 0.25) is 0 Å². The molecule has 0 fully saturated rings. The summed E-state index contributed by atoms with van der Waals surface area (Å²) in [5, 5.41) is -1.31. The third-order valence-electron chi connectivity index (χ3n) is 5.35. The predicted molar refractivity (Wildman–Crippen MR) is 132 cm³/mol. The third kappa shape index (κ3) is 7.77. The van der Waals surface area contributed by atoms with E-state index in [0.717, 1.165) is 30.6 Å². The van der Waals surface area contributed by atoms with Crippen molar-refractivity contribution in [2.75, 3.05) is 34.0 Å². The molecule has 0 radical (unpaired) electrons. The molecule has 0 aliphatic rings. The summed E-state index contributed by atoms with van der Waals surface area (Å²) in [4.78, 5) is 0. The zero-order valence-corrected chi connectivity index (χ0v) is 21.2. The summed E-state index contributed by atoms with van der Waals surface area (Å²) in [6.07, 6.45) is 2.73. The highest BCUT2D eigenvalue weighted by atomic mass is 35.5. The molecule has 0 aliphatic heterocycles.